The smallest absolute Gasteiger partial charge is 0.238 e. The van der Waals surface area contributed by atoms with E-state index in [1.54, 1.807) is 6.07 Å². The van der Waals surface area contributed by atoms with Crippen molar-refractivity contribution in [1.29, 1.82) is 0 Å². The van der Waals surface area contributed by atoms with Gasteiger partial charge in [-0.15, -0.1) is 0 Å². The maximum atomic E-state index is 15.1. The van der Waals surface area contributed by atoms with Crippen LogP contribution in [0.3, 0.4) is 0 Å². The molecular formula is C26H18Cl2FNO3. The van der Waals surface area contributed by atoms with Gasteiger partial charge in [0.1, 0.15) is 5.82 Å². The minimum atomic E-state index is -0.679. The summed E-state index contributed by atoms with van der Waals surface area (Å²) in [5.41, 5.74) is 0.716. The molecule has 3 fully saturated rings. The van der Waals surface area contributed by atoms with Crippen LogP contribution in [0.5, 0.6) is 0 Å². The number of carbonyl (C=O) groups is 3. The van der Waals surface area contributed by atoms with Crippen LogP contribution in [-0.2, 0) is 9.59 Å². The van der Waals surface area contributed by atoms with Gasteiger partial charge in [-0.3, -0.25) is 14.4 Å². The monoisotopic (exact) mass is 481 g/mol. The molecule has 2 aromatic carbocycles. The summed E-state index contributed by atoms with van der Waals surface area (Å²) in [4.78, 5) is 39.8. The summed E-state index contributed by atoms with van der Waals surface area (Å²) in [6.45, 7) is 0. The van der Waals surface area contributed by atoms with Crippen molar-refractivity contribution in [3.8, 4) is 0 Å². The van der Waals surface area contributed by atoms with E-state index in [-0.39, 0.29) is 47.0 Å². The predicted octanol–water partition coefficient (Wildman–Crippen LogP) is 5.59. The molecule has 2 bridgehead atoms. The van der Waals surface area contributed by atoms with Crippen molar-refractivity contribution in [2.45, 2.75) is 6.42 Å². The summed E-state index contributed by atoms with van der Waals surface area (Å²) in [6, 6.07) is 8.76. The average Bonchev–Trinajstić information content (AvgIpc) is 3.56. The molecule has 0 aromatic heterocycles. The molecule has 2 saturated carbocycles. The van der Waals surface area contributed by atoms with Crippen LogP contribution in [0.15, 0.2) is 54.6 Å². The first kappa shape index (κ1) is 20.8. The van der Waals surface area contributed by atoms with Crippen LogP contribution in [0.2, 0.25) is 10.0 Å². The van der Waals surface area contributed by atoms with Gasteiger partial charge >= 0.3 is 0 Å². The number of hydrogen-bond donors (Lipinski definition) is 0. The standard InChI is InChI=1S/C26H18Cl2FNO3/c27-14-8-13(9-15(28)10-14)22(31)6-2-12-1-5-21(20(29)7-12)30-25(32)23-16-3-4-17(19-11-18(16)19)24(23)26(30)33/h1-10,16-19,23-24H,11H2/b6-2+/t16-,17?,18?,19-,23-,24+/m0/s1. The van der Waals surface area contributed by atoms with Crippen molar-refractivity contribution in [3.63, 3.8) is 0 Å². The van der Waals surface area contributed by atoms with E-state index in [1.807, 2.05) is 0 Å². The Morgan fingerprint density at radius 1 is 0.939 bits per heavy atom. The Kier molecular flexibility index (Phi) is 4.65. The Bertz CT molecular complexity index is 1250. The molecule has 7 rings (SSSR count). The summed E-state index contributed by atoms with van der Waals surface area (Å²) < 4.78 is 15.1. The van der Waals surface area contributed by atoms with E-state index >= 15 is 4.39 Å². The molecule has 2 amide bonds. The van der Waals surface area contributed by atoms with E-state index in [0.29, 0.717) is 33.0 Å². The first-order valence-corrected chi connectivity index (χ1v) is 11.6. The van der Waals surface area contributed by atoms with Crippen molar-refractivity contribution in [3.05, 3.63) is 81.6 Å². The Labute approximate surface area is 199 Å². The number of allylic oxidation sites excluding steroid dienone is 3. The minimum absolute atomic E-state index is 0.0300. The Morgan fingerprint density at radius 3 is 2.12 bits per heavy atom. The van der Waals surface area contributed by atoms with Crippen LogP contribution in [0.1, 0.15) is 22.3 Å². The summed E-state index contributed by atoms with van der Waals surface area (Å²) in [7, 11) is 0. The third kappa shape index (κ3) is 3.21. The molecule has 0 N–H and O–H groups in total. The molecule has 166 valence electrons. The molecule has 1 saturated heterocycles. The maximum absolute atomic E-state index is 15.1. The summed E-state index contributed by atoms with van der Waals surface area (Å²) in [5, 5.41) is 0.687. The number of ketones is 1. The average molecular weight is 482 g/mol. The second-order valence-electron chi connectivity index (χ2n) is 9.23. The highest BCUT2D eigenvalue weighted by atomic mass is 35.5. The first-order chi connectivity index (χ1) is 15.8. The summed E-state index contributed by atoms with van der Waals surface area (Å²) >= 11 is 11.9. The maximum Gasteiger partial charge on any atom is 0.238 e. The molecule has 1 heterocycles. The number of nitrogens with zero attached hydrogens (tertiary/aromatic N) is 1. The van der Waals surface area contributed by atoms with Crippen LogP contribution in [0, 0.1) is 41.3 Å². The van der Waals surface area contributed by atoms with Gasteiger partial charge in [0.2, 0.25) is 11.8 Å². The molecule has 6 atom stereocenters. The van der Waals surface area contributed by atoms with Gasteiger partial charge in [-0.05, 0) is 72.1 Å². The fourth-order valence-electron chi connectivity index (χ4n) is 5.97. The highest BCUT2D eigenvalue weighted by Crippen LogP contribution is 2.65. The third-order valence-corrected chi connectivity index (χ3v) is 7.89. The Hall–Kier alpha value is -2.76. The number of hydrogen-bond acceptors (Lipinski definition) is 3. The Balaban J connectivity index is 1.25. The van der Waals surface area contributed by atoms with Crippen molar-refractivity contribution >= 4 is 52.6 Å². The molecule has 2 unspecified atom stereocenters. The van der Waals surface area contributed by atoms with Crippen LogP contribution in [-0.4, -0.2) is 17.6 Å². The number of benzene rings is 2. The molecule has 0 radical (unpaired) electrons. The lowest BCUT2D eigenvalue weighted by molar-refractivity contribution is -0.124. The molecule has 4 aliphatic carbocycles. The van der Waals surface area contributed by atoms with Gasteiger partial charge in [-0.25, -0.2) is 9.29 Å². The van der Waals surface area contributed by atoms with E-state index in [0.717, 1.165) is 11.3 Å². The number of imide groups is 1. The zero-order valence-corrected chi connectivity index (χ0v) is 18.8. The van der Waals surface area contributed by atoms with E-state index < -0.39 is 5.82 Å². The van der Waals surface area contributed by atoms with Crippen molar-refractivity contribution in [2.75, 3.05) is 4.90 Å². The number of amides is 2. The molecule has 5 aliphatic rings. The topological polar surface area (TPSA) is 54.5 Å². The van der Waals surface area contributed by atoms with Crippen LogP contribution in [0.25, 0.3) is 6.08 Å². The number of halogens is 3. The zero-order valence-electron chi connectivity index (χ0n) is 17.3. The molecule has 4 nitrogen and oxygen atoms in total. The molecule has 2 aromatic rings. The number of anilines is 1. The summed E-state index contributed by atoms with van der Waals surface area (Å²) in [6.07, 6.45) is 8.01. The molecule has 0 spiro atoms. The highest BCUT2D eigenvalue weighted by Gasteiger charge is 2.67. The predicted molar refractivity (Wildman–Crippen MR) is 123 cm³/mol. The molecule has 7 heteroatoms. The van der Waals surface area contributed by atoms with E-state index in [1.165, 1.54) is 42.5 Å². The molecule has 33 heavy (non-hydrogen) atoms. The van der Waals surface area contributed by atoms with Gasteiger partial charge in [-0.2, -0.15) is 0 Å². The van der Waals surface area contributed by atoms with Crippen molar-refractivity contribution in [2.24, 2.45) is 35.5 Å². The lowest BCUT2D eigenvalue weighted by atomic mass is 9.63. The second kappa shape index (κ2) is 7.37. The number of rotatable bonds is 4. The van der Waals surface area contributed by atoms with E-state index in [2.05, 4.69) is 12.2 Å². The van der Waals surface area contributed by atoms with Crippen LogP contribution in [0.4, 0.5) is 10.1 Å². The van der Waals surface area contributed by atoms with Crippen molar-refractivity contribution in [1.82, 2.24) is 0 Å². The first-order valence-electron chi connectivity index (χ1n) is 10.9. The van der Waals surface area contributed by atoms with Gasteiger partial charge in [-0.1, -0.05) is 47.5 Å². The van der Waals surface area contributed by atoms with E-state index in [4.69, 9.17) is 23.2 Å². The largest absolute Gasteiger partial charge is 0.289 e. The fraction of sp³-hybridized carbons (Fsp3) is 0.269. The van der Waals surface area contributed by atoms with Gasteiger partial charge in [0.05, 0.1) is 17.5 Å². The Morgan fingerprint density at radius 2 is 1.55 bits per heavy atom. The van der Waals surface area contributed by atoms with Crippen LogP contribution >= 0.6 is 23.2 Å². The summed E-state index contributed by atoms with van der Waals surface area (Å²) in [5.74, 6) is -1.22. The third-order valence-electron chi connectivity index (χ3n) is 7.45. The lowest BCUT2D eigenvalue weighted by Crippen LogP contribution is -2.40. The fourth-order valence-corrected chi connectivity index (χ4v) is 6.49. The second-order valence-corrected chi connectivity index (χ2v) is 10.1. The van der Waals surface area contributed by atoms with E-state index in [9.17, 15) is 14.4 Å². The lowest BCUT2D eigenvalue weighted by Gasteiger charge is -2.37. The van der Waals surface area contributed by atoms with Gasteiger partial charge in [0.25, 0.3) is 0 Å². The normalized spacial score (nSPS) is 31.3. The highest BCUT2D eigenvalue weighted by molar-refractivity contribution is 6.35. The SMILES string of the molecule is O=C(/C=C/c1ccc(N2C(=O)[C@@H]3[C@H](C2=O)C2C=C[C@H]3C3C[C@@H]23)c(F)c1)c1cc(Cl)cc(Cl)c1. The minimum Gasteiger partial charge on any atom is -0.289 e. The van der Waals surface area contributed by atoms with Gasteiger partial charge < -0.3 is 0 Å². The van der Waals surface area contributed by atoms with Gasteiger partial charge in [0.15, 0.2) is 5.78 Å². The van der Waals surface area contributed by atoms with Crippen molar-refractivity contribution < 1.29 is 18.8 Å². The quantitative estimate of drug-likeness (QED) is 0.247. The van der Waals surface area contributed by atoms with Gasteiger partial charge in [0, 0.05) is 15.6 Å². The number of carbonyl (C=O) groups excluding carboxylic acids is 3. The zero-order chi connectivity index (χ0) is 23.0. The van der Waals surface area contributed by atoms with Crippen LogP contribution < -0.4 is 4.90 Å². The molecule has 1 aliphatic heterocycles. The molecular weight excluding hydrogens is 464 g/mol.